The minimum absolute atomic E-state index is 0.289. The van der Waals surface area contributed by atoms with E-state index in [1.54, 1.807) is 0 Å². The number of carbonyl (C=O) groups is 2. The van der Waals surface area contributed by atoms with Crippen molar-refractivity contribution >= 4 is 11.9 Å². The molecule has 44 heavy (non-hydrogen) atoms. The van der Waals surface area contributed by atoms with Crippen molar-refractivity contribution in [2.24, 2.45) is 0 Å². The molecular formula is C38H74O6. The highest BCUT2D eigenvalue weighted by atomic mass is 17.2. The van der Waals surface area contributed by atoms with Crippen molar-refractivity contribution in [3.05, 3.63) is 0 Å². The molecule has 0 atom stereocenters. The van der Waals surface area contributed by atoms with Gasteiger partial charge in [0.05, 0.1) is 13.2 Å². The van der Waals surface area contributed by atoms with Gasteiger partial charge < -0.3 is 0 Å². The van der Waals surface area contributed by atoms with E-state index in [0.717, 1.165) is 38.5 Å². The van der Waals surface area contributed by atoms with E-state index < -0.39 is 11.9 Å². The molecule has 0 unspecified atom stereocenters. The lowest BCUT2D eigenvalue weighted by Gasteiger charge is -2.05. The largest absolute Gasteiger partial charge is 0.453 e. The van der Waals surface area contributed by atoms with Gasteiger partial charge in [0.1, 0.15) is 0 Å². The average Bonchev–Trinajstić information content (AvgIpc) is 3.03. The van der Waals surface area contributed by atoms with Crippen LogP contribution in [0, 0.1) is 0 Å². The van der Waals surface area contributed by atoms with Gasteiger partial charge in [0.15, 0.2) is 0 Å². The number of unbranched alkanes of at least 4 members (excludes halogenated alkanes) is 30. The fourth-order valence-corrected chi connectivity index (χ4v) is 5.68. The quantitative estimate of drug-likeness (QED) is 0.0298. The number of rotatable bonds is 36. The van der Waals surface area contributed by atoms with E-state index >= 15 is 0 Å². The Morgan fingerprint density at radius 3 is 0.682 bits per heavy atom. The summed E-state index contributed by atoms with van der Waals surface area (Å²) in [6.45, 7) is 5.12. The standard InChI is InChI=1S/C38H74O6/c1-3-5-7-9-11-13-15-17-19-21-23-25-27-29-31-33-35-41-43-37(39)38(40)44-42-36-34-32-30-28-26-24-22-20-18-16-14-12-10-8-6-4-2/h3-36H2,1-2H3. The summed E-state index contributed by atoms with van der Waals surface area (Å²) in [5.74, 6) is -2.35. The molecule has 0 amide bonds. The predicted molar refractivity (Wildman–Crippen MR) is 183 cm³/mol. The molecule has 0 rings (SSSR count). The van der Waals surface area contributed by atoms with E-state index in [9.17, 15) is 9.59 Å². The summed E-state index contributed by atoms with van der Waals surface area (Å²) in [5, 5.41) is 0. The van der Waals surface area contributed by atoms with Crippen LogP contribution < -0.4 is 0 Å². The van der Waals surface area contributed by atoms with Crippen LogP contribution in [0.3, 0.4) is 0 Å². The summed E-state index contributed by atoms with van der Waals surface area (Å²) in [6.07, 6.45) is 41.5. The van der Waals surface area contributed by atoms with E-state index in [0.29, 0.717) is 0 Å². The minimum Gasteiger partial charge on any atom is -0.285 e. The van der Waals surface area contributed by atoms with E-state index in [1.165, 1.54) is 167 Å². The maximum Gasteiger partial charge on any atom is 0.453 e. The molecule has 0 aromatic heterocycles. The third kappa shape index (κ3) is 35.3. The molecule has 0 aliphatic rings. The zero-order valence-electron chi connectivity index (χ0n) is 29.5. The summed E-state index contributed by atoms with van der Waals surface area (Å²) < 4.78 is 0. The molecule has 0 aliphatic carbocycles. The summed E-state index contributed by atoms with van der Waals surface area (Å²) in [6, 6.07) is 0. The first-order valence-corrected chi connectivity index (χ1v) is 19.4. The first kappa shape index (κ1) is 42.9. The summed E-state index contributed by atoms with van der Waals surface area (Å²) in [4.78, 5) is 42.0. The summed E-state index contributed by atoms with van der Waals surface area (Å²) in [5.41, 5.74) is 0. The van der Waals surface area contributed by atoms with Gasteiger partial charge in [-0.05, 0) is 12.8 Å². The van der Waals surface area contributed by atoms with Gasteiger partial charge in [0.25, 0.3) is 0 Å². The van der Waals surface area contributed by atoms with Gasteiger partial charge >= 0.3 is 11.9 Å². The number of hydrogen-bond donors (Lipinski definition) is 0. The van der Waals surface area contributed by atoms with E-state index in [1.807, 2.05) is 0 Å². The maximum absolute atomic E-state index is 11.6. The van der Waals surface area contributed by atoms with Crippen LogP contribution in [0.5, 0.6) is 0 Å². The predicted octanol–water partition coefficient (Wildman–Crippen LogP) is 12.5. The van der Waals surface area contributed by atoms with Crippen LogP contribution in [0.1, 0.15) is 219 Å². The first-order valence-electron chi connectivity index (χ1n) is 19.4. The van der Waals surface area contributed by atoms with Gasteiger partial charge in [-0.25, -0.2) is 9.59 Å². The van der Waals surface area contributed by atoms with Crippen molar-refractivity contribution in [3.8, 4) is 0 Å². The molecule has 0 saturated carbocycles. The molecule has 0 spiro atoms. The second-order valence-corrected chi connectivity index (χ2v) is 13.0. The molecule has 6 nitrogen and oxygen atoms in total. The fraction of sp³-hybridized carbons (Fsp3) is 0.947. The molecule has 0 fully saturated rings. The Labute approximate surface area is 273 Å². The van der Waals surface area contributed by atoms with Crippen LogP contribution in [-0.4, -0.2) is 25.2 Å². The van der Waals surface area contributed by atoms with Gasteiger partial charge in [-0.2, -0.15) is 9.78 Å². The summed E-state index contributed by atoms with van der Waals surface area (Å²) >= 11 is 0. The Morgan fingerprint density at radius 1 is 0.295 bits per heavy atom. The van der Waals surface area contributed by atoms with Crippen molar-refractivity contribution in [2.45, 2.75) is 219 Å². The molecule has 0 aromatic rings. The highest BCUT2D eigenvalue weighted by Crippen LogP contribution is 2.15. The van der Waals surface area contributed by atoms with Crippen LogP contribution in [0.4, 0.5) is 0 Å². The Morgan fingerprint density at radius 2 is 0.477 bits per heavy atom. The average molecular weight is 627 g/mol. The Kier molecular flexibility index (Phi) is 37.1. The zero-order valence-corrected chi connectivity index (χ0v) is 29.5. The molecule has 0 radical (unpaired) electrons. The van der Waals surface area contributed by atoms with Crippen molar-refractivity contribution in [3.63, 3.8) is 0 Å². The second kappa shape index (κ2) is 38.0. The molecule has 0 aromatic carbocycles. The molecule has 6 heteroatoms. The van der Waals surface area contributed by atoms with Crippen molar-refractivity contribution in [1.82, 2.24) is 0 Å². The van der Waals surface area contributed by atoms with Crippen LogP contribution in [0.15, 0.2) is 0 Å². The highest BCUT2D eigenvalue weighted by Gasteiger charge is 2.20. The third-order valence-electron chi connectivity index (χ3n) is 8.60. The number of hydrogen-bond acceptors (Lipinski definition) is 6. The van der Waals surface area contributed by atoms with Gasteiger partial charge in [-0.15, -0.1) is 0 Å². The molecule has 0 bridgehead atoms. The molecule has 0 N–H and O–H groups in total. The van der Waals surface area contributed by atoms with Crippen molar-refractivity contribution in [2.75, 3.05) is 13.2 Å². The van der Waals surface area contributed by atoms with Crippen LogP contribution >= 0.6 is 0 Å². The van der Waals surface area contributed by atoms with Crippen LogP contribution in [-0.2, 0) is 29.1 Å². The van der Waals surface area contributed by atoms with E-state index in [-0.39, 0.29) is 13.2 Å². The highest BCUT2D eigenvalue weighted by molar-refractivity contribution is 6.29. The Bertz CT molecular complexity index is 532. The molecule has 0 aliphatic heterocycles. The van der Waals surface area contributed by atoms with Gasteiger partial charge in [-0.1, -0.05) is 206 Å². The van der Waals surface area contributed by atoms with Crippen molar-refractivity contribution < 1.29 is 29.1 Å². The van der Waals surface area contributed by atoms with Crippen LogP contribution in [0.25, 0.3) is 0 Å². The van der Waals surface area contributed by atoms with Crippen LogP contribution in [0.2, 0.25) is 0 Å². The number of carbonyl (C=O) groups excluding carboxylic acids is 2. The topological polar surface area (TPSA) is 71.1 Å². The fourth-order valence-electron chi connectivity index (χ4n) is 5.68. The zero-order chi connectivity index (χ0) is 32.0. The second-order valence-electron chi connectivity index (χ2n) is 13.0. The Hall–Kier alpha value is -1.14. The normalized spacial score (nSPS) is 11.2. The molecule has 262 valence electrons. The molecule has 0 saturated heterocycles. The van der Waals surface area contributed by atoms with Gasteiger partial charge in [0, 0.05) is 0 Å². The SMILES string of the molecule is CCCCCCCCCCCCCCCCCCOOC(=O)C(=O)OOCCCCCCCCCCCCCCCCCC. The van der Waals surface area contributed by atoms with Gasteiger partial charge in [0.2, 0.25) is 0 Å². The minimum atomic E-state index is -1.17. The Balaban J connectivity index is 3.26. The first-order chi connectivity index (χ1) is 21.7. The van der Waals surface area contributed by atoms with Gasteiger partial charge in [-0.3, -0.25) is 9.78 Å². The third-order valence-corrected chi connectivity index (χ3v) is 8.60. The van der Waals surface area contributed by atoms with Crippen molar-refractivity contribution in [1.29, 1.82) is 0 Å². The summed E-state index contributed by atoms with van der Waals surface area (Å²) in [7, 11) is 0. The smallest absolute Gasteiger partial charge is 0.285 e. The van der Waals surface area contributed by atoms with E-state index in [4.69, 9.17) is 9.78 Å². The maximum atomic E-state index is 11.6. The molecule has 0 heterocycles. The van der Waals surface area contributed by atoms with E-state index in [2.05, 4.69) is 23.6 Å². The lowest BCUT2D eigenvalue weighted by Crippen LogP contribution is -2.21. The lowest BCUT2D eigenvalue weighted by atomic mass is 10.0. The lowest BCUT2D eigenvalue weighted by molar-refractivity contribution is -0.296. The monoisotopic (exact) mass is 627 g/mol. The molecular weight excluding hydrogens is 552 g/mol.